The van der Waals surface area contributed by atoms with Crippen LogP contribution in [-0.4, -0.2) is 11.1 Å². The SMILES string of the molecule is CC.CC(C)Oc1nc(C(F)(F)F)ccc1CN. The molecule has 0 aliphatic rings. The van der Waals surface area contributed by atoms with Gasteiger partial charge in [-0.3, -0.25) is 0 Å². The molecule has 0 aliphatic carbocycles. The van der Waals surface area contributed by atoms with E-state index < -0.39 is 11.9 Å². The van der Waals surface area contributed by atoms with Crippen molar-refractivity contribution >= 4 is 0 Å². The maximum absolute atomic E-state index is 12.4. The predicted octanol–water partition coefficient (Wildman–Crippen LogP) is 3.37. The van der Waals surface area contributed by atoms with Crippen LogP contribution in [0.1, 0.15) is 39.0 Å². The number of aromatic nitrogens is 1. The van der Waals surface area contributed by atoms with Crippen molar-refractivity contribution in [3.63, 3.8) is 0 Å². The van der Waals surface area contributed by atoms with Crippen LogP contribution in [0.25, 0.3) is 0 Å². The van der Waals surface area contributed by atoms with Gasteiger partial charge in [0.25, 0.3) is 0 Å². The van der Waals surface area contributed by atoms with Gasteiger partial charge in [0.1, 0.15) is 5.69 Å². The highest BCUT2D eigenvalue weighted by Crippen LogP contribution is 2.30. The average molecular weight is 264 g/mol. The van der Waals surface area contributed by atoms with Gasteiger partial charge in [-0.2, -0.15) is 13.2 Å². The van der Waals surface area contributed by atoms with Crippen LogP contribution in [0.15, 0.2) is 12.1 Å². The third kappa shape index (κ3) is 4.91. The van der Waals surface area contributed by atoms with Gasteiger partial charge in [-0.25, -0.2) is 4.98 Å². The fraction of sp³-hybridized carbons (Fsp3) is 0.583. The first-order valence-electron chi connectivity index (χ1n) is 5.78. The summed E-state index contributed by atoms with van der Waals surface area (Å²) in [6.45, 7) is 7.51. The van der Waals surface area contributed by atoms with E-state index in [0.29, 0.717) is 5.56 Å². The Morgan fingerprint density at radius 2 is 1.83 bits per heavy atom. The van der Waals surface area contributed by atoms with Crippen LogP contribution in [-0.2, 0) is 12.7 Å². The molecule has 0 saturated heterocycles. The minimum Gasteiger partial charge on any atom is -0.475 e. The molecule has 0 aliphatic heterocycles. The van der Waals surface area contributed by atoms with Crippen molar-refractivity contribution in [2.75, 3.05) is 0 Å². The van der Waals surface area contributed by atoms with Gasteiger partial charge >= 0.3 is 6.18 Å². The number of alkyl halides is 3. The molecule has 1 heterocycles. The summed E-state index contributed by atoms with van der Waals surface area (Å²) in [5.41, 5.74) is 4.87. The maximum Gasteiger partial charge on any atom is 0.433 e. The highest BCUT2D eigenvalue weighted by atomic mass is 19.4. The van der Waals surface area contributed by atoms with Crippen molar-refractivity contribution in [2.24, 2.45) is 5.73 Å². The molecule has 0 aromatic carbocycles. The number of rotatable bonds is 3. The Labute approximate surface area is 105 Å². The molecule has 0 radical (unpaired) electrons. The predicted molar refractivity (Wildman–Crippen MR) is 64.2 cm³/mol. The molecule has 104 valence electrons. The monoisotopic (exact) mass is 264 g/mol. The van der Waals surface area contributed by atoms with E-state index in [1.165, 1.54) is 6.07 Å². The molecule has 1 rings (SSSR count). The zero-order valence-corrected chi connectivity index (χ0v) is 11.0. The van der Waals surface area contributed by atoms with E-state index >= 15 is 0 Å². The summed E-state index contributed by atoms with van der Waals surface area (Å²) < 4.78 is 42.4. The third-order valence-corrected chi connectivity index (χ3v) is 1.80. The van der Waals surface area contributed by atoms with Crippen molar-refractivity contribution in [2.45, 2.75) is 46.5 Å². The Balaban J connectivity index is 0.00000137. The molecule has 0 amide bonds. The molecular weight excluding hydrogens is 245 g/mol. The molecule has 3 nitrogen and oxygen atoms in total. The van der Waals surface area contributed by atoms with Crippen molar-refractivity contribution in [3.8, 4) is 5.88 Å². The smallest absolute Gasteiger partial charge is 0.433 e. The minimum atomic E-state index is -4.47. The fourth-order valence-electron chi connectivity index (χ4n) is 1.11. The van der Waals surface area contributed by atoms with E-state index in [9.17, 15) is 13.2 Å². The molecule has 0 atom stereocenters. The topological polar surface area (TPSA) is 48.1 Å². The van der Waals surface area contributed by atoms with E-state index in [1.54, 1.807) is 13.8 Å². The first kappa shape index (κ1) is 16.7. The minimum absolute atomic E-state index is 0.0488. The third-order valence-electron chi connectivity index (χ3n) is 1.80. The van der Waals surface area contributed by atoms with Gasteiger partial charge in [-0.1, -0.05) is 19.9 Å². The Morgan fingerprint density at radius 3 is 2.22 bits per heavy atom. The Hall–Kier alpha value is -1.30. The molecule has 0 fully saturated rings. The summed E-state index contributed by atoms with van der Waals surface area (Å²) in [7, 11) is 0. The van der Waals surface area contributed by atoms with E-state index in [-0.39, 0.29) is 18.5 Å². The van der Waals surface area contributed by atoms with Crippen LogP contribution in [0.4, 0.5) is 13.2 Å². The molecule has 0 unspecified atom stereocenters. The lowest BCUT2D eigenvalue weighted by Crippen LogP contribution is -2.14. The lowest BCUT2D eigenvalue weighted by Gasteiger charge is -2.14. The van der Waals surface area contributed by atoms with Crippen LogP contribution in [0.5, 0.6) is 5.88 Å². The zero-order chi connectivity index (χ0) is 14.3. The maximum atomic E-state index is 12.4. The molecule has 1 aromatic heterocycles. The molecule has 6 heteroatoms. The summed E-state index contributed by atoms with van der Waals surface area (Å²) in [6.07, 6.45) is -4.72. The summed E-state index contributed by atoms with van der Waals surface area (Å²) in [6, 6.07) is 2.18. The Bertz CT molecular complexity index is 365. The van der Waals surface area contributed by atoms with Gasteiger partial charge in [0, 0.05) is 12.1 Å². The number of halogens is 3. The van der Waals surface area contributed by atoms with Gasteiger partial charge in [-0.05, 0) is 19.9 Å². The average Bonchev–Trinajstić information content (AvgIpc) is 2.29. The van der Waals surface area contributed by atoms with Crippen LogP contribution >= 0.6 is 0 Å². The zero-order valence-electron chi connectivity index (χ0n) is 11.0. The van der Waals surface area contributed by atoms with E-state index in [4.69, 9.17) is 10.5 Å². The van der Waals surface area contributed by atoms with E-state index in [0.717, 1.165) is 6.07 Å². The first-order chi connectivity index (χ1) is 8.34. The van der Waals surface area contributed by atoms with Crippen molar-refractivity contribution in [1.82, 2.24) is 4.98 Å². The Kier molecular flexibility index (Phi) is 6.68. The second-order valence-corrected chi connectivity index (χ2v) is 3.53. The normalized spacial score (nSPS) is 10.9. The van der Waals surface area contributed by atoms with Gasteiger partial charge in [0.05, 0.1) is 6.10 Å². The van der Waals surface area contributed by atoms with Crippen LogP contribution < -0.4 is 10.5 Å². The Morgan fingerprint density at radius 1 is 1.28 bits per heavy atom. The largest absolute Gasteiger partial charge is 0.475 e. The van der Waals surface area contributed by atoms with E-state index in [2.05, 4.69) is 4.98 Å². The number of hydrogen-bond acceptors (Lipinski definition) is 3. The van der Waals surface area contributed by atoms with Crippen molar-refractivity contribution in [3.05, 3.63) is 23.4 Å². The van der Waals surface area contributed by atoms with Gasteiger partial charge in [0.15, 0.2) is 0 Å². The first-order valence-corrected chi connectivity index (χ1v) is 5.78. The van der Waals surface area contributed by atoms with Crippen LogP contribution in [0.3, 0.4) is 0 Å². The quantitative estimate of drug-likeness (QED) is 0.910. The van der Waals surface area contributed by atoms with Gasteiger partial charge in [0.2, 0.25) is 5.88 Å². The number of nitrogens with two attached hydrogens (primary N) is 1. The highest BCUT2D eigenvalue weighted by Gasteiger charge is 2.33. The van der Waals surface area contributed by atoms with Crippen molar-refractivity contribution < 1.29 is 17.9 Å². The summed E-state index contributed by atoms with van der Waals surface area (Å²) in [4.78, 5) is 3.43. The van der Waals surface area contributed by atoms with Crippen LogP contribution in [0.2, 0.25) is 0 Å². The number of ether oxygens (including phenoxy) is 1. The number of hydrogen-bond donors (Lipinski definition) is 1. The second kappa shape index (κ2) is 7.20. The van der Waals surface area contributed by atoms with Crippen molar-refractivity contribution in [1.29, 1.82) is 0 Å². The summed E-state index contributed by atoms with van der Waals surface area (Å²) in [5.74, 6) is -0.0488. The lowest BCUT2D eigenvalue weighted by molar-refractivity contribution is -0.141. The molecule has 2 N–H and O–H groups in total. The lowest BCUT2D eigenvalue weighted by atomic mass is 10.2. The molecular formula is C12H19F3N2O. The standard InChI is InChI=1S/C10H13F3N2O.C2H6/c1-6(2)16-9-7(5-14)3-4-8(15-9)10(11,12)13;1-2/h3-4,6H,5,14H2,1-2H3;1-2H3. The van der Waals surface area contributed by atoms with Crippen LogP contribution in [0, 0.1) is 0 Å². The summed E-state index contributed by atoms with van der Waals surface area (Å²) in [5, 5.41) is 0. The highest BCUT2D eigenvalue weighted by molar-refractivity contribution is 5.29. The molecule has 18 heavy (non-hydrogen) atoms. The van der Waals surface area contributed by atoms with Gasteiger partial charge in [-0.15, -0.1) is 0 Å². The molecule has 1 aromatic rings. The molecule has 0 saturated carbocycles. The van der Waals surface area contributed by atoms with E-state index in [1.807, 2.05) is 13.8 Å². The van der Waals surface area contributed by atoms with Gasteiger partial charge < -0.3 is 10.5 Å². The number of pyridine rings is 1. The summed E-state index contributed by atoms with van der Waals surface area (Å²) >= 11 is 0. The number of nitrogens with zero attached hydrogens (tertiary/aromatic N) is 1. The second-order valence-electron chi connectivity index (χ2n) is 3.53. The molecule has 0 spiro atoms. The fourth-order valence-corrected chi connectivity index (χ4v) is 1.11. The molecule has 0 bridgehead atoms.